The van der Waals surface area contributed by atoms with Gasteiger partial charge in [-0.15, -0.1) is 0 Å². The molecular weight excluding hydrogens is 300 g/mol. The monoisotopic (exact) mass is 314 g/mol. The van der Waals surface area contributed by atoms with Crippen LogP contribution in [0.2, 0.25) is 0 Å². The summed E-state index contributed by atoms with van der Waals surface area (Å²) in [6.45, 7) is 2.25. The van der Waals surface area contributed by atoms with Crippen LogP contribution in [-0.4, -0.2) is 27.6 Å². The number of hydrogen-bond acceptors (Lipinski definition) is 4. The van der Waals surface area contributed by atoms with Gasteiger partial charge in [0.15, 0.2) is 5.17 Å². The van der Waals surface area contributed by atoms with E-state index in [1.807, 2.05) is 19.1 Å². The summed E-state index contributed by atoms with van der Waals surface area (Å²) in [5.74, 6) is 0.533. The van der Waals surface area contributed by atoms with Gasteiger partial charge in [0.1, 0.15) is 5.76 Å². The Hall–Kier alpha value is -2.34. The molecule has 112 valence electrons. The highest BCUT2D eigenvalue weighted by Gasteiger charge is 2.29. The highest BCUT2D eigenvalue weighted by molar-refractivity contribution is 8.15. The van der Waals surface area contributed by atoms with E-state index in [4.69, 9.17) is 4.42 Å². The maximum absolute atomic E-state index is 12.2. The SMILES string of the molecule is Cc1ccc(C(=O)N=C2SCC(=O)N2Cc2ccco2)cc1. The summed E-state index contributed by atoms with van der Waals surface area (Å²) < 4.78 is 5.25. The van der Waals surface area contributed by atoms with Gasteiger partial charge in [-0.2, -0.15) is 4.99 Å². The third kappa shape index (κ3) is 3.12. The molecule has 1 aliphatic heterocycles. The number of rotatable bonds is 3. The topological polar surface area (TPSA) is 62.9 Å². The van der Waals surface area contributed by atoms with Gasteiger partial charge >= 0.3 is 0 Å². The van der Waals surface area contributed by atoms with Crippen molar-refractivity contribution in [3.05, 3.63) is 59.5 Å². The van der Waals surface area contributed by atoms with E-state index in [-0.39, 0.29) is 11.8 Å². The fourth-order valence-electron chi connectivity index (χ4n) is 2.04. The summed E-state index contributed by atoms with van der Waals surface area (Å²) in [5.41, 5.74) is 1.59. The van der Waals surface area contributed by atoms with Gasteiger partial charge < -0.3 is 4.42 Å². The average molecular weight is 314 g/mol. The van der Waals surface area contributed by atoms with Crippen LogP contribution in [0.4, 0.5) is 0 Å². The molecule has 0 unspecified atom stereocenters. The van der Waals surface area contributed by atoms with Crippen LogP contribution in [0.3, 0.4) is 0 Å². The molecule has 1 aliphatic rings. The second-order valence-electron chi connectivity index (χ2n) is 4.91. The fraction of sp³-hybridized carbons (Fsp3) is 0.188. The van der Waals surface area contributed by atoms with Crippen molar-refractivity contribution in [1.29, 1.82) is 0 Å². The number of amides is 2. The molecule has 1 saturated heterocycles. The Bertz CT molecular complexity index is 720. The molecule has 0 aliphatic carbocycles. The number of nitrogens with zero attached hydrogens (tertiary/aromatic N) is 2. The Morgan fingerprint density at radius 2 is 2.09 bits per heavy atom. The molecule has 1 aromatic heterocycles. The van der Waals surface area contributed by atoms with E-state index >= 15 is 0 Å². The first-order valence-corrected chi connectivity index (χ1v) is 7.77. The largest absolute Gasteiger partial charge is 0.467 e. The quantitative estimate of drug-likeness (QED) is 0.874. The van der Waals surface area contributed by atoms with Crippen LogP contribution >= 0.6 is 11.8 Å². The number of thioether (sulfide) groups is 1. The lowest BCUT2D eigenvalue weighted by Crippen LogP contribution is -2.29. The van der Waals surface area contributed by atoms with Gasteiger partial charge in [-0.1, -0.05) is 29.5 Å². The zero-order valence-corrected chi connectivity index (χ0v) is 12.8. The molecule has 2 amide bonds. The van der Waals surface area contributed by atoms with Gasteiger partial charge in [-0.25, -0.2) is 0 Å². The van der Waals surface area contributed by atoms with Crippen LogP contribution < -0.4 is 0 Å². The molecule has 6 heteroatoms. The number of carbonyl (C=O) groups excluding carboxylic acids is 2. The van der Waals surface area contributed by atoms with Crippen molar-refractivity contribution in [3.8, 4) is 0 Å². The molecule has 5 nitrogen and oxygen atoms in total. The predicted octanol–water partition coefficient (Wildman–Crippen LogP) is 2.86. The summed E-state index contributed by atoms with van der Waals surface area (Å²) in [7, 11) is 0. The average Bonchev–Trinajstić information content (AvgIpc) is 3.13. The number of hydrogen-bond donors (Lipinski definition) is 0. The number of furan rings is 1. The van der Waals surface area contributed by atoms with Gasteiger partial charge in [0.05, 0.1) is 18.6 Å². The number of amidine groups is 1. The number of aliphatic imine (C=N–C) groups is 1. The van der Waals surface area contributed by atoms with Crippen LogP contribution in [0, 0.1) is 6.92 Å². The highest BCUT2D eigenvalue weighted by atomic mass is 32.2. The van der Waals surface area contributed by atoms with E-state index < -0.39 is 0 Å². The highest BCUT2D eigenvalue weighted by Crippen LogP contribution is 2.22. The zero-order chi connectivity index (χ0) is 15.5. The summed E-state index contributed by atoms with van der Waals surface area (Å²) in [6, 6.07) is 10.7. The first-order valence-electron chi connectivity index (χ1n) is 6.79. The minimum Gasteiger partial charge on any atom is -0.467 e. The molecule has 2 heterocycles. The Labute approximate surface area is 132 Å². The van der Waals surface area contributed by atoms with Gasteiger partial charge in [0.25, 0.3) is 5.91 Å². The van der Waals surface area contributed by atoms with Gasteiger partial charge in [0, 0.05) is 5.56 Å². The number of carbonyl (C=O) groups is 2. The van der Waals surface area contributed by atoms with Crippen LogP contribution in [0.1, 0.15) is 21.7 Å². The Morgan fingerprint density at radius 3 is 2.77 bits per heavy atom. The molecule has 0 N–H and O–H groups in total. The zero-order valence-electron chi connectivity index (χ0n) is 12.0. The van der Waals surface area contributed by atoms with Crippen LogP contribution in [0.25, 0.3) is 0 Å². The predicted molar refractivity (Wildman–Crippen MR) is 84.7 cm³/mol. The first kappa shape index (κ1) is 14.6. The van der Waals surface area contributed by atoms with Crippen molar-refractivity contribution < 1.29 is 14.0 Å². The second-order valence-corrected chi connectivity index (χ2v) is 5.86. The Morgan fingerprint density at radius 1 is 1.32 bits per heavy atom. The third-order valence-corrected chi connectivity index (χ3v) is 4.21. The number of aryl methyl sites for hydroxylation is 1. The van der Waals surface area contributed by atoms with E-state index in [1.165, 1.54) is 16.7 Å². The summed E-state index contributed by atoms with van der Waals surface area (Å²) in [4.78, 5) is 29.7. The minimum atomic E-state index is -0.346. The van der Waals surface area contributed by atoms with Crippen molar-refractivity contribution in [2.45, 2.75) is 13.5 Å². The Kier molecular flexibility index (Phi) is 4.11. The molecule has 0 atom stereocenters. The van der Waals surface area contributed by atoms with Crippen molar-refractivity contribution in [2.75, 3.05) is 5.75 Å². The Balaban J connectivity index is 1.80. The van der Waals surface area contributed by atoms with E-state index in [2.05, 4.69) is 4.99 Å². The molecule has 0 radical (unpaired) electrons. The number of benzene rings is 1. The molecule has 0 saturated carbocycles. The van der Waals surface area contributed by atoms with E-state index in [0.717, 1.165) is 5.56 Å². The summed E-state index contributed by atoms with van der Waals surface area (Å²) in [5, 5.41) is 0.423. The normalized spacial score (nSPS) is 16.5. The molecule has 1 aromatic carbocycles. The summed E-state index contributed by atoms with van der Waals surface area (Å²) in [6.07, 6.45) is 1.55. The molecule has 0 bridgehead atoms. The third-order valence-electron chi connectivity index (χ3n) is 3.25. The van der Waals surface area contributed by atoms with E-state index in [9.17, 15) is 9.59 Å². The van der Waals surface area contributed by atoms with Crippen molar-refractivity contribution in [2.24, 2.45) is 4.99 Å². The first-order chi connectivity index (χ1) is 10.6. The van der Waals surface area contributed by atoms with E-state index in [1.54, 1.807) is 30.5 Å². The van der Waals surface area contributed by atoms with Crippen LogP contribution in [-0.2, 0) is 11.3 Å². The lowest BCUT2D eigenvalue weighted by Gasteiger charge is -2.13. The molecule has 1 fully saturated rings. The van der Waals surface area contributed by atoms with Crippen LogP contribution in [0.15, 0.2) is 52.1 Å². The maximum Gasteiger partial charge on any atom is 0.279 e. The van der Waals surface area contributed by atoms with E-state index in [0.29, 0.717) is 28.8 Å². The maximum atomic E-state index is 12.2. The van der Waals surface area contributed by atoms with Crippen molar-refractivity contribution in [3.63, 3.8) is 0 Å². The second kappa shape index (κ2) is 6.19. The molecule has 2 aromatic rings. The van der Waals surface area contributed by atoms with Gasteiger partial charge in [0.2, 0.25) is 5.91 Å². The molecule has 3 rings (SSSR count). The molecular formula is C16H14N2O3S. The van der Waals surface area contributed by atoms with Gasteiger partial charge in [-0.05, 0) is 31.2 Å². The van der Waals surface area contributed by atoms with Crippen molar-refractivity contribution >= 4 is 28.7 Å². The summed E-state index contributed by atoms with van der Waals surface area (Å²) >= 11 is 1.27. The smallest absolute Gasteiger partial charge is 0.279 e. The molecule has 0 spiro atoms. The van der Waals surface area contributed by atoms with Crippen LogP contribution in [0.5, 0.6) is 0 Å². The standard InChI is InChI=1S/C16H14N2O3S/c1-11-4-6-12(7-5-11)15(20)17-16-18(14(19)10-22-16)9-13-3-2-8-21-13/h2-8H,9-10H2,1H3. The lowest BCUT2D eigenvalue weighted by atomic mass is 10.1. The van der Waals surface area contributed by atoms with Gasteiger partial charge in [-0.3, -0.25) is 14.5 Å². The lowest BCUT2D eigenvalue weighted by molar-refractivity contribution is -0.124. The molecule has 22 heavy (non-hydrogen) atoms. The minimum absolute atomic E-state index is 0.0724. The fourth-order valence-corrected chi connectivity index (χ4v) is 2.92. The van der Waals surface area contributed by atoms with Crippen molar-refractivity contribution in [1.82, 2.24) is 4.90 Å².